The van der Waals surface area contributed by atoms with Crippen molar-refractivity contribution in [2.75, 3.05) is 13.1 Å². The molecule has 90 valence electrons. The Balaban J connectivity index is 0.00000112. The molecule has 0 aromatic carbocycles. The molecular weight excluding hydrogens is 249 g/mol. The molecule has 16 heavy (non-hydrogen) atoms. The molecule has 6 heteroatoms. The highest BCUT2D eigenvalue weighted by molar-refractivity contribution is 5.92. The molecule has 0 saturated carbocycles. The summed E-state index contributed by atoms with van der Waals surface area (Å²) in [7, 11) is 0. The zero-order chi connectivity index (χ0) is 9.97. The predicted molar refractivity (Wildman–Crippen MR) is 67.2 cm³/mol. The van der Waals surface area contributed by atoms with Gasteiger partial charge in [0.15, 0.2) is 0 Å². The number of halogens is 2. The Hall–Kier alpha value is -0.840. The normalized spacial score (nSPS) is 18.6. The van der Waals surface area contributed by atoms with Crippen LogP contribution in [0.1, 0.15) is 16.9 Å². The van der Waals surface area contributed by atoms with Gasteiger partial charge in [-0.1, -0.05) is 6.07 Å². The molecule has 2 heterocycles. The Morgan fingerprint density at radius 2 is 2.19 bits per heavy atom. The van der Waals surface area contributed by atoms with E-state index in [2.05, 4.69) is 4.98 Å². The number of amides is 1. The lowest BCUT2D eigenvalue weighted by atomic mass is 10.3. The summed E-state index contributed by atoms with van der Waals surface area (Å²) >= 11 is 0. The van der Waals surface area contributed by atoms with E-state index >= 15 is 0 Å². The summed E-state index contributed by atoms with van der Waals surface area (Å²) in [6.45, 7) is 1.39. The minimum absolute atomic E-state index is 0. The molecule has 1 aliphatic rings. The van der Waals surface area contributed by atoms with Crippen LogP contribution in [-0.4, -0.2) is 34.9 Å². The van der Waals surface area contributed by atoms with Gasteiger partial charge in [-0.05, 0) is 18.6 Å². The number of pyridine rings is 1. The first-order valence-electron chi connectivity index (χ1n) is 4.73. The van der Waals surface area contributed by atoms with E-state index in [4.69, 9.17) is 5.73 Å². The average molecular weight is 264 g/mol. The summed E-state index contributed by atoms with van der Waals surface area (Å²) in [5, 5.41) is 0. The SMILES string of the molecule is Cl.Cl.N[C@@H]1CCN(C(=O)c2ccccn2)C1. The fraction of sp³-hybridized carbons (Fsp3) is 0.400. The van der Waals surface area contributed by atoms with Crippen LogP contribution >= 0.6 is 24.8 Å². The van der Waals surface area contributed by atoms with Crippen LogP contribution in [0.4, 0.5) is 0 Å². The van der Waals surface area contributed by atoms with Crippen LogP contribution in [0.15, 0.2) is 24.4 Å². The van der Waals surface area contributed by atoms with E-state index in [0.717, 1.165) is 13.0 Å². The fourth-order valence-electron chi connectivity index (χ4n) is 1.62. The summed E-state index contributed by atoms with van der Waals surface area (Å²) in [6.07, 6.45) is 2.52. The largest absolute Gasteiger partial charge is 0.336 e. The van der Waals surface area contributed by atoms with Crippen LogP contribution in [-0.2, 0) is 0 Å². The maximum absolute atomic E-state index is 11.8. The summed E-state index contributed by atoms with van der Waals surface area (Å²) in [6, 6.07) is 5.47. The lowest BCUT2D eigenvalue weighted by molar-refractivity contribution is 0.0785. The van der Waals surface area contributed by atoms with Crippen molar-refractivity contribution in [3.05, 3.63) is 30.1 Å². The van der Waals surface area contributed by atoms with Crippen LogP contribution in [0, 0.1) is 0 Å². The molecule has 0 radical (unpaired) electrons. The van der Waals surface area contributed by atoms with Crippen molar-refractivity contribution in [2.45, 2.75) is 12.5 Å². The number of rotatable bonds is 1. The van der Waals surface area contributed by atoms with Gasteiger partial charge in [-0.25, -0.2) is 0 Å². The molecule has 0 spiro atoms. The van der Waals surface area contributed by atoms with E-state index in [0.29, 0.717) is 12.2 Å². The molecule has 0 aliphatic carbocycles. The molecule has 1 atom stereocenters. The first-order valence-corrected chi connectivity index (χ1v) is 4.73. The van der Waals surface area contributed by atoms with Crippen molar-refractivity contribution in [3.8, 4) is 0 Å². The third-order valence-corrected chi connectivity index (χ3v) is 2.40. The van der Waals surface area contributed by atoms with Crippen molar-refractivity contribution in [3.63, 3.8) is 0 Å². The highest BCUT2D eigenvalue weighted by Crippen LogP contribution is 2.10. The molecule has 1 amide bonds. The van der Waals surface area contributed by atoms with Gasteiger partial charge in [0.2, 0.25) is 0 Å². The summed E-state index contributed by atoms with van der Waals surface area (Å²) in [5.41, 5.74) is 6.23. The molecule has 0 bridgehead atoms. The maximum atomic E-state index is 11.8. The number of hydrogen-bond acceptors (Lipinski definition) is 3. The third-order valence-electron chi connectivity index (χ3n) is 2.40. The van der Waals surface area contributed by atoms with Gasteiger partial charge < -0.3 is 10.6 Å². The van der Waals surface area contributed by atoms with Gasteiger partial charge in [0.1, 0.15) is 5.69 Å². The standard InChI is InChI=1S/C10H13N3O.2ClH/c11-8-4-6-13(7-8)10(14)9-3-1-2-5-12-9;;/h1-3,5,8H,4,6-7,11H2;2*1H/t8-;;/m1../s1. The molecule has 1 fully saturated rings. The van der Waals surface area contributed by atoms with Crippen molar-refractivity contribution < 1.29 is 4.79 Å². The molecule has 2 rings (SSSR count). The van der Waals surface area contributed by atoms with E-state index < -0.39 is 0 Å². The number of likely N-dealkylation sites (tertiary alicyclic amines) is 1. The van der Waals surface area contributed by atoms with E-state index in [1.807, 2.05) is 6.07 Å². The highest BCUT2D eigenvalue weighted by atomic mass is 35.5. The maximum Gasteiger partial charge on any atom is 0.272 e. The minimum Gasteiger partial charge on any atom is -0.336 e. The van der Waals surface area contributed by atoms with Crippen molar-refractivity contribution >= 4 is 30.7 Å². The van der Waals surface area contributed by atoms with Gasteiger partial charge in [-0.2, -0.15) is 0 Å². The van der Waals surface area contributed by atoms with Crippen molar-refractivity contribution in [1.29, 1.82) is 0 Å². The predicted octanol–water partition coefficient (Wildman–Crippen LogP) is 1.10. The average Bonchev–Trinajstić information content (AvgIpc) is 2.65. The van der Waals surface area contributed by atoms with Crippen LogP contribution in [0.5, 0.6) is 0 Å². The fourth-order valence-corrected chi connectivity index (χ4v) is 1.62. The topological polar surface area (TPSA) is 59.2 Å². The van der Waals surface area contributed by atoms with E-state index in [1.165, 1.54) is 0 Å². The number of nitrogens with two attached hydrogens (primary N) is 1. The number of carbonyl (C=O) groups excluding carboxylic acids is 1. The van der Waals surface area contributed by atoms with Crippen LogP contribution in [0.2, 0.25) is 0 Å². The second-order valence-corrected chi connectivity index (χ2v) is 3.51. The van der Waals surface area contributed by atoms with Crippen molar-refractivity contribution in [1.82, 2.24) is 9.88 Å². The van der Waals surface area contributed by atoms with Gasteiger partial charge >= 0.3 is 0 Å². The van der Waals surface area contributed by atoms with Gasteiger partial charge in [-0.3, -0.25) is 9.78 Å². The first kappa shape index (κ1) is 15.2. The smallest absolute Gasteiger partial charge is 0.272 e. The summed E-state index contributed by atoms with van der Waals surface area (Å²) in [4.78, 5) is 17.6. The molecule has 1 aliphatic heterocycles. The Kier molecular flexibility index (Phi) is 6.33. The molecule has 0 unspecified atom stereocenters. The van der Waals surface area contributed by atoms with Gasteiger partial charge in [-0.15, -0.1) is 24.8 Å². The van der Waals surface area contributed by atoms with E-state index in [1.54, 1.807) is 23.2 Å². The lowest BCUT2D eigenvalue weighted by Crippen LogP contribution is -2.32. The van der Waals surface area contributed by atoms with Crippen LogP contribution < -0.4 is 5.73 Å². The van der Waals surface area contributed by atoms with Gasteiger partial charge in [0.25, 0.3) is 5.91 Å². The molecule has 4 nitrogen and oxygen atoms in total. The second-order valence-electron chi connectivity index (χ2n) is 3.51. The Labute approximate surface area is 107 Å². The lowest BCUT2D eigenvalue weighted by Gasteiger charge is -2.14. The van der Waals surface area contributed by atoms with E-state index in [9.17, 15) is 4.79 Å². The Morgan fingerprint density at radius 3 is 2.69 bits per heavy atom. The monoisotopic (exact) mass is 263 g/mol. The zero-order valence-corrected chi connectivity index (χ0v) is 10.3. The van der Waals surface area contributed by atoms with Crippen molar-refractivity contribution in [2.24, 2.45) is 5.73 Å². The number of aromatic nitrogens is 1. The number of carbonyl (C=O) groups is 1. The molecule has 1 aromatic heterocycles. The minimum atomic E-state index is -0.0152. The molecule has 1 saturated heterocycles. The molecule has 1 aromatic rings. The highest BCUT2D eigenvalue weighted by Gasteiger charge is 2.24. The summed E-state index contributed by atoms with van der Waals surface area (Å²) < 4.78 is 0. The number of nitrogens with zero attached hydrogens (tertiary/aromatic N) is 2. The second kappa shape index (κ2) is 6.68. The van der Waals surface area contributed by atoms with Crippen LogP contribution in [0.3, 0.4) is 0 Å². The quantitative estimate of drug-likeness (QED) is 0.826. The van der Waals surface area contributed by atoms with E-state index in [-0.39, 0.29) is 36.8 Å². The summed E-state index contributed by atoms with van der Waals surface area (Å²) in [5.74, 6) is -0.0152. The molecule has 2 N–H and O–H groups in total. The third kappa shape index (κ3) is 3.33. The first-order chi connectivity index (χ1) is 6.77. The Morgan fingerprint density at radius 1 is 1.44 bits per heavy atom. The van der Waals surface area contributed by atoms with Gasteiger partial charge in [0.05, 0.1) is 0 Å². The van der Waals surface area contributed by atoms with Crippen LogP contribution in [0.25, 0.3) is 0 Å². The molecular formula is C10H15Cl2N3O. The number of hydrogen-bond donors (Lipinski definition) is 1. The van der Waals surface area contributed by atoms with Gasteiger partial charge in [0, 0.05) is 25.3 Å². The Bertz CT molecular complexity index is 334. The zero-order valence-electron chi connectivity index (χ0n) is 8.70.